The summed E-state index contributed by atoms with van der Waals surface area (Å²) in [4.78, 5) is 5.56. The zero-order valence-corrected chi connectivity index (χ0v) is 13.2. The normalized spacial score (nSPS) is 22.6. The Balaban J connectivity index is 1.49. The molecule has 0 spiro atoms. The number of thioether (sulfide) groups is 1. The first-order valence-electron chi connectivity index (χ1n) is 7.54. The summed E-state index contributed by atoms with van der Waals surface area (Å²) in [5, 5.41) is 3.55. The molecule has 1 aromatic carbocycles. The van der Waals surface area contributed by atoms with E-state index in [1.807, 2.05) is 23.9 Å². The highest BCUT2D eigenvalue weighted by Gasteiger charge is 2.23. The van der Waals surface area contributed by atoms with Gasteiger partial charge >= 0.3 is 0 Å². The lowest BCUT2D eigenvalue weighted by molar-refractivity contribution is 0.0852. The summed E-state index contributed by atoms with van der Waals surface area (Å²) in [7, 11) is 0. The molecule has 3 heterocycles. The van der Waals surface area contributed by atoms with Gasteiger partial charge in [0.05, 0.1) is 0 Å². The highest BCUT2D eigenvalue weighted by Crippen LogP contribution is 2.34. The van der Waals surface area contributed by atoms with Crippen LogP contribution >= 0.6 is 11.8 Å². The van der Waals surface area contributed by atoms with Gasteiger partial charge in [-0.15, -0.1) is 11.8 Å². The van der Waals surface area contributed by atoms with Gasteiger partial charge in [-0.3, -0.25) is 0 Å². The van der Waals surface area contributed by atoms with Gasteiger partial charge in [0.1, 0.15) is 12.7 Å². The maximum Gasteiger partial charge on any atom is 0.257 e. The molecule has 0 bridgehead atoms. The van der Waals surface area contributed by atoms with Crippen molar-refractivity contribution in [2.75, 3.05) is 17.7 Å². The summed E-state index contributed by atoms with van der Waals surface area (Å²) in [6.45, 7) is 2.78. The lowest BCUT2D eigenvalue weighted by Crippen LogP contribution is -2.31. The minimum atomic E-state index is 0.00844. The average Bonchev–Trinajstić information content (AvgIpc) is 2.54. The van der Waals surface area contributed by atoms with Crippen LogP contribution in [0, 0.1) is 0 Å². The number of pyridine rings is 1. The van der Waals surface area contributed by atoms with Crippen molar-refractivity contribution in [2.24, 2.45) is 0 Å². The molecule has 1 N–H and O–H groups in total. The van der Waals surface area contributed by atoms with Crippen LogP contribution in [0.5, 0.6) is 11.6 Å². The van der Waals surface area contributed by atoms with E-state index in [0.29, 0.717) is 18.5 Å². The Labute approximate surface area is 134 Å². The number of benzene rings is 1. The van der Waals surface area contributed by atoms with Crippen LogP contribution in [0.15, 0.2) is 41.4 Å². The molecule has 0 aliphatic carbocycles. The molecule has 2 aromatic rings. The van der Waals surface area contributed by atoms with E-state index in [4.69, 9.17) is 9.47 Å². The lowest BCUT2D eigenvalue weighted by atomic mass is 10.1. The molecule has 0 radical (unpaired) electrons. The van der Waals surface area contributed by atoms with Gasteiger partial charge in [0.15, 0.2) is 5.75 Å². The van der Waals surface area contributed by atoms with Crippen molar-refractivity contribution in [3.8, 4) is 11.6 Å². The van der Waals surface area contributed by atoms with Gasteiger partial charge in [0.2, 0.25) is 0 Å². The largest absolute Gasteiger partial charge is 0.484 e. The standard InChI is InChI=1S/C17H18N2O2S/c1-11-10-22-16-5-4-12(8-14(16)19-11)7-13-9-20-15-3-2-6-18-17(15)21-13/h2-6,8,11,13,19H,7,9-10H2,1H3/t11?,13-/m1/s1. The van der Waals surface area contributed by atoms with E-state index in [2.05, 4.69) is 35.4 Å². The van der Waals surface area contributed by atoms with Crippen LogP contribution in [0.1, 0.15) is 12.5 Å². The van der Waals surface area contributed by atoms with Crippen LogP contribution in [0.4, 0.5) is 5.69 Å². The number of aromatic nitrogens is 1. The SMILES string of the molecule is CC1CSc2ccc(C[C@@H]3COc4cccnc4O3)cc2N1. The average molecular weight is 314 g/mol. The third-order valence-electron chi connectivity index (χ3n) is 3.84. The third kappa shape index (κ3) is 2.73. The zero-order chi connectivity index (χ0) is 14.9. The van der Waals surface area contributed by atoms with Gasteiger partial charge < -0.3 is 14.8 Å². The van der Waals surface area contributed by atoms with Crippen LogP contribution in [-0.2, 0) is 6.42 Å². The number of hydrogen-bond acceptors (Lipinski definition) is 5. The molecule has 4 rings (SSSR count). The van der Waals surface area contributed by atoms with E-state index < -0.39 is 0 Å². The number of nitrogens with one attached hydrogen (secondary N) is 1. The predicted molar refractivity (Wildman–Crippen MR) is 88.1 cm³/mol. The number of ether oxygens (including phenoxy) is 2. The highest BCUT2D eigenvalue weighted by atomic mass is 32.2. The minimum absolute atomic E-state index is 0.00844. The first-order valence-corrected chi connectivity index (χ1v) is 8.53. The molecule has 0 amide bonds. The van der Waals surface area contributed by atoms with E-state index >= 15 is 0 Å². The van der Waals surface area contributed by atoms with Crippen molar-refractivity contribution in [3.05, 3.63) is 42.1 Å². The van der Waals surface area contributed by atoms with Gasteiger partial charge in [-0.05, 0) is 36.8 Å². The second kappa shape index (κ2) is 5.72. The first kappa shape index (κ1) is 13.8. The summed E-state index contributed by atoms with van der Waals surface area (Å²) in [5.41, 5.74) is 2.49. The fourth-order valence-corrected chi connectivity index (χ4v) is 3.73. The Kier molecular flexibility index (Phi) is 3.58. The van der Waals surface area contributed by atoms with E-state index in [1.165, 1.54) is 16.1 Å². The van der Waals surface area contributed by atoms with Crippen LogP contribution in [0.2, 0.25) is 0 Å². The maximum absolute atomic E-state index is 5.94. The van der Waals surface area contributed by atoms with Crippen molar-refractivity contribution in [1.82, 2.24) is 4.98 Å². The zero-order valence-electron chi connectivity index (χ0n) is 12.4. The fraction of sp³-hybridized carbons (Fsp3) is 0.353. The number of hydrogen-bond donors (Lipinski definition) is 1. The predicted octanol–water partition coefficient (Wildman–Crippen LogP) is 3.37. The molecular weight excluding hydrogens is 296 g/mol. The van der Waals surface area contributed by atoms with Crippen molar-refractivity contribution in [1.29, 1.82) is 0 Å². The Hall–Kier alpha value is -1.88. The summed E-state index contributed by atoms with van der Waals surface area (Å²) >= 11 is 1.91. The lowest BCUT2D eigenvalue weighted by Gasteiger charge is -2.27. The molecule has 4 nitrogen and oxygen atoms in total. The quantitative estimate of drug-likeness (QED) is 0.920. The summed E-state index contributed by atoms with van der Waals surface area (Å²) in [5.74, 6) is 2.45. The smallest absolute Gasteiger partial charge is 0.257 e. The molecule has 114 valence electrons. The number of anilines is 1. The topological polar surface area (TPSA) is 43.4 Å². The van der Waals surface area contributed by atoms with Crippen LogP contribution in [0.3, 0.4) is 0 Å². The van der Waals surface area contributed by atoms with Crippen LogP contribution in [-0.4, -0.2) is 29.5 Å². The van der Waals surface area contributed by atoms with Gasteiger partial charge in [-0.2, -0.15) is 0 Å². The first-order chi connectivity index (χ1) is 10.8. The highest BCUT2D eigenvalue weighted by molar-refractivity contribution is 7.99. The van der Waals surface area contributed by atoms with E-state index in [-0.39, 0.29) is 6.10 Å². The Morgan fingerprint density at radius 3 is 3.27 bits per heavy atom. The Morgan fingerprint density at radius 2 is 2.32 bits per heavy atom. The van der Waals surface area contributed by atoms with Crippen molar-refractivity contribution < 1.29 is 9.47 Å². The molecule has 22 heavy (non-hydrogen) atoms. The Bertz CT molecular complexity index is 692. The molecule has 2 aliphatic rings. The van der Waals surface area contributed by atoms with Crippen LogP contribution in [0.25, 0.3) is 0 Å². The van der Waals surface area contributed by atoms with Crippen LogP contribution < -0.4 is 14.8 Å². The number of fused-ring (bicyclic) bond motifs is 2. The molecule has 0 saturated carbocycles. The van der Waals surface area contributed by atoms with Crippen molar-refractivity contribution in [3.63, 3.8) is 0 Å². The summed E-state index contributed by atoms with van der Waals surface area (Å²) in [6, 6.07) is 10.9. The molecule has 5 heteroatoms. The van der Waals surface area contributed by atoms with Crippen molar-refractivity contribution >= 4 is 17.4 Å². The molecular formula is C17H18N2O2S. The fourth-order valence-electron chi connectivity index (χ4n) is 2.78. The molecule has 1 unspecified atom stereocenters. The van der Waals surface area contributed by atoms with E-state index in [9.17, 15) is 0 Å². The second-order valence-electron chi connectivity index (χ2n) is 5.75. The summed E-state index contributed by atoms with van der Waals surface area (Å²) < 4.78 is 11.7. The molecule has 2 aliphatic heterocycles. The van der Waals surface area contributed by atoms with E-state index in [1.54, 1.807) is 6.20 Å². The third-order valence-corrected chi connectivity index (χ3v) is 5.17. The molecule has 0 fully saturated rings. The van der Waals surface area contributed by atoms with Gasteiger partial charge in [0.25, 0.3) is 5.88 Å². The van der Waals surface area contributed by atoms with E-state index in [0.717, 1.165) is 17.9 Å². The monoisotopic (exact) mass is 314 g/mol. The molecule has 1 aromatic heterocycles. The van der Waals surface area contributed by atoms with Gasteiger partial charge in [-0.1, -0.05) is 6.07 Å². The molecule has 2 atom stereocenters. The number of nitrogens with zero attached hydrogens (tertiary/aromatic N) is 1. The second-order valence-corrected chi connectivity index (χ2v) is 6.81. The summed E-state index contributed by atoms with van der Waals surface area (Å²) in [6.07, 6.45) is 2.56. The van der Waals surface area contributed by atoms with Gasteiger partial charge in [0, 0.05) is 35.0 Å². The Morgan fingerprint density at radius 1 is 1.36 bits per heavy atom. The maximum atomic E-state index is 5.94. The number of rotatable bonds is 2. The molecule has 0 saturated heterocycles. The van der Waals surface area contributed by atoms with Gasteiger partial charge in [-0.25, -0.2) is 4.98 Å². The minimum Gasteiger partial charge on any atom is -0.484 e. The van der Waals surface area contributed by atoms with Crippen molar-refractivity contribution in [2.45, 2.75) is 30.4 Å².